The topological polar surface area (TPSA) is 11.4 Å². The van der Waals surface area contributed by atoms with E-state index < -0.39 is 0 Å². The van der Waals surface area contributed by atoms with Crippen molar-refractivity contribution in [3.63, 3.8) is 0 Å². The first-order valence-electron chi connectivity index (χ1n) is 22.6. The molecule has 0 saturated heterocycles. The number of rotatable bonds is 6. The van der Waals surface area contributed by atoms with Gasteiger partial charge in [-0.3, -0.25) is 0 Å². The molecule has 0 unspecified atom stereocenters. The number of hydrogen-bond donors (Lipinski definition) is 0. The summed E-state index contributed by atoms with van der Waals surface area (Å²) in [5.74, 6) is 0. The van der Waals surface area contributed by atoms with Gasteiger partial charge in [-0.25, -0.2) is 0 Å². The zero-order valence-corrected chi connectivity index (χ0v) is 37.7. The summed E-state index contributed by atoms with van der Waals surface area (Å²) in [7, 11) is 0. The molecule has 0 N–H and O–H groups in total. The van der Waals surface area contributed by atoms with E-state index in [2.05, 4.69) is 252 Å². The summed E-state index contributed by atoms with van der Waals surface area (Å²) in [6.07, 6.45) is 0. The maximum Gasteiger partial charge on any atom is 0.252 e. The third-order valence-electron chi connectivity index (χ3n) is 13.9. The first-order chi connectivity index (χ1) is 30.3. The minimum Gasteiger partial charge on any atom is -0.311 e. The van der Waals surface area contributed by atoms with E-state index in [1.165, 1.54) is 77.5 Å². The van der Waals surface area contributed by atoms with Crippen LogP contribution in [0.1, 0.15) is 77.6 Å². The fourth-order valence-electron chi connectivity index (χ4n) is 10.4. The zero-order chi connectivity index (χ0) is 43.4. The van der Waals surface area contributed by atoms with Crippen molar-refractivity contribution in [2.24, 2.45) is 0 Å². The standard InChI is InChI=1S/C59H54BN3/c1-57(2,3)40-29-32-51-47(33-40)48-34-41(58(4,5)6)35-50-56(48)63(51)54-37-42(59(7,8)39-21-13-9-14-22-39)36-53-55(54)60(50)49-31-30-46(38-52(49)62(53)45-27-19-12-20-28-45)61(43-23-15-10-16-24-43)44-25-17-11-18-26-44/h9-38H,1-8H3. The van der Waals surface area contributed by atoms with Gasteiger partial charge in [0, 0.05) is 61.5 Å². The highest BCUT2D eigenvalue weighted by molar-refractivity contribution is 7.00. The second-order valence-corrected chi connectivity index (χ2v) is 20.3. The third-order valence-corrected chi connectivity index (χ3v) is 13.9. The Kier molecular flexibility index (Phi) is 8.77. The van der Waals surface area contributed by atoms with Gasteiger partial charge in [0.15, 0.2) is 0 Å². The molecule has 11 rings (SSSR count). The Bertz CT molecular complexity index is 3170. The number of para-hydroxylation sites is 3. The molecule has 308 valence electrons. The van der Waals surface area contributed by atoms with Crippen LogP contribution in [0.25, 0.3) is 27.5 Å². The summed E-state index contributed by atoms with van der Waals surface area (Å²) < 4.78 is 2.63. The number of nitrogens with zero attached hydrogens (tertiary/aromatic N) is 3. The largest absolute Gasteiger partial charge is 0.311 e. The predicted molar refractivity (Wildman–Crippen MR) is 271 cm³/mol. The SMILES string of the molecule is CC(C)(C)c1ccc2c(c1)c1cc(C(C)(C)C)cc3c1n2-c1cc(C(C)(C)c2ccccc2)cc2c1B3c1ccc(N(c3ccccc3)c3ccccc3)cc1N2c1ccccc1. The Labute approximate surface area is 373 Å². The molecule has 3 heterocycles. The van der Waals surface area contributed by atoms with Crippen molar-refractivity contribution in [2.75, 3.05) is 9.80 Å². The van der Waals surface area contributed by atoms with Gasteiger partial charge in [-0.15, -0.1) is 0 Å². The molecule has 9 aromatic rings. The lowest BCUT2D eigenvalue weighted by molar-refractivity contribution is 0.590. The summed E-state index contributed by atoms with van der Waals surface area (Å²) in [4.78, 5) is 4.95. The van der Waals surface area contributed by atoms with Crippen molar-refractivity contribution in [2.45, 2.75) is 71.6 Å². The van der Waals surface area contributed by atoms with Gasteiger partial charge in [-0.2, -0.15) is 0 Å². The molecule has 3 nitrogen and oxygen atoms in total. The van der Waals surface area contributed by atoms with Crippen molar-refractivity contribution in [3.8, 4) is 5.69 Å². The normalized spacial score (nSPS) is 13.3. The summed E-state index contributed by atoms with van der Waals surface area (Å²) in [5, 5.41) is 2.66. The highest BCUT2D eigenvalue weighted by atomic mass is 15.2. The van der Waals surface area contributed by atoms with Crippen LogP contribution in [0.4, 0.5) is 34.1 Å². The quantitative estimate of drug-likeness (QED) is 0.155. The van der Waals surface area contributed by atoms with Crippen molar-refractivity contribution in [1.82, 2.24) is 4.57 Å². The summed E-state index contributed by atoms with van der Waals surface area (Å²) >= 11 is 0. The number of aromatic nitrogens is 1. The lowest BCUT2D eigenvalue weighted by Crippen LogP contribution is -2.60. The molecule has 0 radical (unpaired) electrons. The van der Waals surface area contributed by atoms with E-state index in [-0.39, 0.29) is 23.0 Å². The van der Waals surface area contributed by atoms with Crippen LogP contribution >= 0.6 is 0 Å². The molecule has 0 saturated carbocycles. The molecular formula is C59H54BN3. The Morgan fingerprint density at radius 3 is 1.60 bits per heavy atom. The maximum atomic E-state index is 2.63. The van der Waals surface area contributed by atoms with E-state index in [4.69, 9.17) is 0 Å². The van der Waals surface area contributed by atoms with Gasteiger partial charge in [-0.1, -0.05) is 159 Å². The van der Waals surface area contributed by atoms with Gasteiger partial charge in [0.05, 0.1) is 5.52 Å². The monoisotopic (exact) mass is 815 g/mol. The number of benzene rings is 8. The molecule has 0 amide bonds. The minimum absolute atomic E-state index is 0.00139. The molecule has 0 bridgehead atoms. The van der Waals surface area contributed by atoms with Gasteiger partial charge in [0.1, 0.15) is 0 Å². The molecule has 0 aliphatic carbocycles. The molecule has 4 heteroatoms. The second kappa shape index (κ2) is 14.1. The first kappa shape index (κ1) is 39.1. The molecule has 2 aliphatic rings. The molecule has 0 spiro atoms. The number of anilines is 6. The molecule has 0 fully saturated rings. The fraction of sp³-hybridized carbons (Fsp3) is 0.186. The van der Waals surface area contributed by atoms with Crippen LogP contribution in [0.2, 0.25) is 0 Å². The summed E-state index contributed by atoms with van der Waals surface area (Å²) in [6, 6.07) is 68.2. The van der Waals surface area contributed by atoms with Gasteiger partial charge in [0.2, 0.25) is 0 Å². The smallest absolute Gasteiger partial charge is 0.252 e. The van der Waals surface area contributed by atoms with Crippen LogP contribution < -0.4 is 26.2 Å². The molecule has 63 heavy (non-hydrogen) atoms. The number of hydrogen-bond acceptors (Lipinski definition) is 2. The van der Waals surface area contributed by atoms with E-state index in [0.29, 0.717) is 0 Å². The van der Waals surface area contributed by atoms with Crippen LogP contribution in [0, 0.1) is 0 Å². The summed E-state index contributed by atoms with van der Waals surface area (Å²) in [6.45, 7) is 18.8. The molecule has 1 aromatic heterocycles. The average Bonchev–Trinajstić information content (AvgIpc) is 3.62. The van der Waals surface area contributed by atoms with Crippen LogP contribution in [0.3, 0.4) is 0 Å². The van der Waals surface area contributed by atoms with E-state index >= 15 is 0 Å². The highest BCUT2D eigenvalue weighted by Crippen LogP contribution is 2.47. The fourth-order valence-corrected chi connectivity index (χ4v) is 10.4. The van der Waals surface area contributed by atoms with Gasteiger partial charge < -0.3 is 14.4 Å². The van der Waals surface area contributed by atoms with Crippen LogP contribution in [0.15, 0.2) is 182 Å². The second-order valence-electron chi connectivity index (χ2n) is 20.3. The number of fused-ring (bicyclic) bond motifs is 7. The van der Waals surface area contributed by atoms with Crippen molar-refractivity contribution in [1.29, 1.82) is 0 Å². The predicted octanol–water partition coefficient (Wildman–Crippen LogP) is 13.8. The first-order valence-corrected chi connectivity index (χ1v) is 22.6. The van der Waals surface area contributed by atoms with E-state index in [0.717, 1.165) is 22.7 Å². The van der Waals surface area contributed by atoms with E-state index in [1.54, 1.807) is 0 Å². The van der Waals surface area contributed by atoms with Crippen LogP contribution in [-0.4, -0.2) is 11.3 Å². The Morgan fingerprint density at radius 2 is 0.984 bits per heavy atom. The Hall–Kier alpha value is -6.78. The van der Waals surface area contributed by atoms with Crippen molar-refractivity contribution >= 4 is 79.0 Å². The van der Waals surface area contributed by atoms with Crippen LogP contribution in [-0.2, 0) is 16.2 Å². The molecule has 8 aromatic carbocycles. The van der Waals surface area contributed by atoms with Crippen molar-refractivity contribution < 1.29 is 0 Å². The maximum absolute atomic E-state index is 2.63. The molecule has 2 aliphatic heterocycles. The molecule has 0 atom stereocenters. The molecular weight excluding hydrogens is 761 g/mol. The van der Waals surface area contributed by atoms with Gasteiger partial charge in [0.25, 0.3) is 6.71 Å². The van der Waals surface area contributed by atoms with Crippen LogP contribution in [0.5, 0.6) is 0 Å². The van der Waals surface area contributed by atoms with Gasteiger partial charge >= 0.3 is 0 Å². The zero-order valence-electron chi connectivity index (χ0n) is 37.7. The van der Waals surface area contributed by atoms with Gasteiger partial charge in [-0.05, 0) is 128 Å². The summed E-state index contributed by atoms with van der Waals surface area (Å²) in [5.41, 5.74) is 19.8. The van der Waals surface area contributed by atoms with E-state index in [9.17, 15) is 0 Å². The third kappa shape index (κ3) is 6.17. The Morgan fingerprint density at radius 1 is 0.413 bits per heavy atom. The lowest BCUT2D eigenvalue weighted by Gasteiger charge is -2.42. The Balaban J connectivity index is 1.29. The average molecular weight is 816 g/mol. The lowest BCUT2D eigenvalue weighted by atomic mass is 9.33. The highest BCUT2D eigenvalue weighted by Gasteiger charge is 2.44. The van der Waals surface area contributed by atoms with Crippen molar-refractivity contribution in [3.05, 3.63) is 204 Å². The van der Waals surface area contributed by atoms with E-state index in [1.807, 2.05) is 0 Å². The minimum atomic E-state index is -0.290.